The van der Waals surface area contributed by atoms with Gasteiger partial charge in [-0.15, -0.1) is 0 Å². The van der Waals surface area contributed by atoms with E-state index in [0.717, 1.165) is 29.6 Å². The van der Waals surface area contributed by atoms with Gasteiger partial charge in [-0.25, -0.2) is 0 Å². The lowest BCUT2D eigenvalue weighted by molar-refractivity contribution is 0.00578. The summed E-state index contributed by atoms with van der Waals surface area (Å²) in [5.74, 6) is 0.876. The van der Waals surface area contributed by atoms with E-state index in [-0.39, 0.29) is 11.2 Å². The average Bonchev–Trinajstić information content (AvgIpc) is 3.10. The number of pyridine rings is 1. The summed E-state index contributed by atoms with van der Waals surface area (Å²) >= 11 is 0. The van der Waals surface area contributed by atoms with Gasteiger partial charge in [-0.2, -0.15) is 0 Å². The van der Waals surface area contributed by atoms with Crippen molar-refractivity contribution in [2.45, 2.75) is 64.8 Å². The third kappa shape index (κ3) is 2.33. The Bertz CT molecular complexity index is 510. The van der Waals surface area contributed by atoms with E-state index in [1.165, 1.54) is 0 Å². The number of aryl methyl sites for hydroxylation is 1. The summed E-state index contributed by atoms with van der Waals surface area (Å²) in [6, 6.07) is 0. The van der Waals surface area contributed by atoms with E-state index in [2.05, 4.69) is 32.7 Å². The third-order valence-corrected chi connectivity index (χ3v) is 4.42. The van der Waals surface area contributed by atoms with E-state index in [9.17, 15) is 0 Å². The molecule has 0 unspecified atom stereocenters. The molecule has 1 saturated heterocycles. The van der Waals surface area contributed by atoms with Gasteiger partial charge in [-0.05, 0) is 47.5 Å². The largest absolute Gasteiger partial charge is 0.500 e. The minimum absolute atomic E-state index is 0.345. The average molecular weight is 275 g/mol. The number of hydrogen-bond donors (Lipinski definition) is 0. The van der Waals surface area contributed by atoms with Gasteiger partial charge in [-0.3, -0.25) is 4.98 Å². The highest BCUT2D eigenvalue weighted by Crippen LogP contribution is 2.38. The Morgan fingerprint density at radius 2 is 1.75 bits per heavy atom. The van der Waals surface area contributed by atoms with Gasteiger partial charge in [0, 0.05) is 23.4 Å². The first-order chi connectivity index (χ1) is 9.30. The smallest absolute Gasteiger partial charge is 0.490 e. The zero-order chi connectivity index (χ0) is 14.5. The molecule has 0 spiro atoms. The Balaban J connectivity index is 1.93. The third-order valence-electron chi connectivity index (χ3n) is 4.42. The number of aromatic nitrogens is 1. The second-order valence-corrected chi connectivity index (χ2v) is 6.78. The second-order valence-electron chi connectivity index (χ2n) is 6.78. The highest BCUT2D eigenvalue weighted by Gasteiger charge is 2.52. The first-order valence-corrected chi connectivity index (χ1v) is 7.27. The SMILES string of the molecule is Cc1cncc(B2OC(C)(C)C(C)(C)O2)c1OC1CC1. The Labute approximate surface area is 121 Å². The summed E-state index contributed by atoms with van der Waals surface area (Å²) in [5.41, 5.74) is 1.23. The van der Waals surface area contributed by atoms with Crippen molar-refractivity contribution in [1.29, 1.82) is 0 Å². The molecule has 0 bridgehead atoms. The van der Waals surface area contributed by atoms with E-state index in [1.807, 2.05) is 13.1 Å². The summed E-state index contributed by atoms with van der Waals surface area (Å²) in [6.45, 7) is 10.2. The van der Waals surface area contributed by atoms with Gasteiger partial charge in [0.15, 0.2) is 0 Å². The van der Waals surface area contributed by atoms with Crippen molar-refractivity contribution in [2.24, 2.45) is 0 Å². The molecular formula is C15H22BNO3. The standard InChI is InChI=1S/C15H22BNO3/c1-10-8-17-9-12(13(10)18-11-6-7-11)16-19-14(2,3)15(4,5)20-16/h8-9,11H,6-7H2,1-5H3. The molecule has 0 atom stereocenters. The molecule has 0 N–H and O–H groups in total. The van der Waals surface area contributed by atoms with Crippen molar-refractivity contribution < 1.29 is 14.0 Å². The first-order valence-electron chi connectivity index (χ1n) is 7.27. The van der Waals surface area contributed by atoms with Crippen LogP contribution in [0, 0.1) is 6.92 Å². The van der Waals surface area contributed by atoms with Gasteiger partial charge in [0.1, 0.15) is 5.75 Å². The molecule has 1 aliphatic carbocycles. The highest BCUT2D eigenvalue weighted by atomic mass is 16.7. The molecule has 5 heteroatoms. The fourth-order valence-electron chi connectivity index (χ4n) is 2.23. The Morgan fingerprint density at radius 3 is 2.30 bits per heavy atom. The van der Waals surface area contributed by atoms with E-state index >= 15 is 0 Å². The topological polar surface area (TPSA) is 40.6 Å². The Morgan fingerprint density at radius 1 is 1.15 bits per heavy atom. The van der Waals surface area contributed by atoms with Crippen LogP contribution in [0.1, 0.15) is 46.1 Å². The highest BCUT2D eigenvalue weighted by molar-refractivity contribution is 6.63. The van der Waals surface area contributed by atoms with Crippen LogP contribution in [0.3, 0.4) is 0 Å². The van der Waals surface area contributed by atoms with Crippen molar-refractivity contribution in [3.8, 4) is 5.75 Å². The van der Waals surface area contributed by atoms with E-state index in [1.54, 1.807) is 6.20 Å². The predicted molar refractivity (Wildman–Crippen MR) is 78.3 cm³/mol. The molecule has 1 aliphatic heterocycles. The summed E-state index contributed by atoms with van der Waals surface area (Å²) in [5, 5.41) is 0. The van der Waals surface area contributed by atoms with Crippen LogP contribution in [-0.4, -0.2) is 29.4 Å². The number of ether oxygens (including phenoxy) is 1. The molecule has 2 aliphatic rings. The molecule has 0 aromatic carbocycles. The molecule has 108 valence electrons. The van der Waals surface area contributed by atoms with Crippen molar-refractivity contribution >= 4 is 12.6 Å². The Hall–Kier alpha value is -1.07. The molecule has 1 saturated carbocycles. The maximum Gasteiger partial charge on any atom is 0.500 e. The molecule has 4 nitrogen and oxygen atoms in total. The molecule has 20 heavy (non-hydrogen) atoms. The van der Waals surface area contributed by atoms with Crippen LogP contribution in [0.5, 0.6) is 5.75 Å². The Kier molecular flexibility index (Phi) is 3.10. The molecule has 3 rings (SSSR count). The van der Waals surface area contributed by atoms with Gasteiger partial charge in [0.2, 0.25) is 0 Å². The second kappa shape index (κ2) is 4.47. The van der Waals surface area contributed by atoms with E-state index in [4.69, 9.17) is 14.0 Å². The summed E-state index contributed by atoms with van der Waals surface area (Å²) in [6.07, 6.45) is 6.23. The summed E-state index contributed by atoms with van der Waals surface area (Å²) in [7, 11) is -0.416. The number of nitrogens with zero attached hydrogens (tertiary/aromatic N) is 1. The number of rotatable bonds is 3. The van der Waals surface area contributed by atoms with Crippen LogP contribution in [-0.2, 0) is 9.31 Å². The van der Waals surface area contributed by atoms with Crippen LogP contribution in [0.4, 0.5) is 0 Å². The maximum atomic E-state index is 6.11. The van der Waals surface area contributed by atoms with Crippen molar-refractivity contribution in [2.75, 3.05) is 0 Å². The quantitative estimate of drug-likeness (QED) is 0.793. The zero-order valence-electron chi connectivity index (χ0n) is 12.9. The molecule has 1 aromatic rings. The lowest BCUT2D eigenvalue weighted by atomic mass is 9.79. The van der Waals surface area contributed by atoms with Gasteiger partial charge in [0.25, 0.3) is 0 Å². The lowest BCUT2D eigenvalue weighted by Gasteiger charge is -2.32. The zero-order valence-corrected chi connectivity index (χ0v) is 12.9. The van der Waals surface area contributed by atoms with Crippen molar-refractivity contribution in [3.63, 3.8) is 0 Å². The molecule has 2 fully saturated rings. The molecular weight excluding hydrogens is 253 g/mol. The number of hydrogen-bond acceptors (Lipinski definition) is 4. The lowest BCUT2D eigenvalue weighted by Crippen LogP contribution is -2.41. The van der Waals surface area contributed by atoms with Gasteiger partial charge >= 0.3 is 7.12 Å². The van der Waals surface area contributed by atoms with Crippen LogP contribution < -0.4 is 10.2 Å². The van der Waals surface area contributed by atoms with E-state index < -0.39 is 7.12 Å². The van der Waals surface area contributed by atoms with Crippen LogP contribution in [0.15, 0.2) is 12.4 Å². The maximum absolute atomic E-state index is 6.11. The van der Waals surface area contributed by atoms with Crippen molar-refractivity contribution in [3.05, 3.63) is 18.0 Å². The minimum atomic E-state index is -0.416. The fourth-order valence-corrected chi connectivity index (χ4v) is 2.23. The van der Waals surface area contributed by atoms with Gasteiger partial charge in [0.05, 0.1) is 17.3 Å². The predicted octanol–water partition coefficient (Wildman–Crippen LogP) is 2.23. The van der Waals surface area contributed by atoms with Crippen LogP contribution in [0.25, 0.3) is 0 Å². The van der Waals surface area contributed by atoms with Crippen molar-refractivity contribution in [1.82, 2.24) is 4.98 Å². The normalized spacial score (nSPS) is 23.9. The molecule has 0 radical (unpaired) electrons. The monoisotopic (exact) mass is 275 g/mol. The van der Waals surface area contributed by atoms with Gasteiger partial charge < -0.3 is 14.0 Å². The fraction of sp³-hybridized carbons (Fsp3) is 0.667. The van der Waals surface area contributed by atoms with Crippen LogP contribution >= 0.6 is 0 Å². The van der Waals surface area contributed by atoms with E-state index in [0.29, 0.717) is 6.10 Å². The van der Waals surface area contributed by atoms with Gasteiger partial charge in [-0.1, -0.05) is 0 Å². The summed E-state index contributed by atoms with van der Waals surface area (Å²) in [4.78, 5) is 4.27. The molecule has 2 heterocycles. The first kappa shape index (κ1) is 13.9. The molecule has 0 amide bonds. The molecule has 1 aromatic heterocycles. The summed E-state index contributed by atoms with van der Waals surface area (Å²) < 4.78 is 18.2. The van der Waals surface area contributed by atoms with Crippen LogP contribution in [0.2, 0.25) is 0 Å². The minimum Gasteiger partial charge on any atom is -0.490 e.